The number of nitrogens with two attached hydrogens (primary N) is 1. The van der Waals surface area contributed by atoms with Gasteiger partial charge in [-0.25, -0.2) is 9.47 Å². The van der Waals surface area contributed by atoms with Gasteiger partial charge in [0.2, 0.25) is 5.91 Å². The summed E-state index contributed by atoms with van der Waals surface area (Å²) in [6.07, 6.45) is 1.53. The summed E-state index contributed by atoms with van der Waals surface area (Å²) in [6, 6.07) is 0. The second-order valence-corrected chi connectivity index (χ2v) is 5.31. The van der Waals surface area contributed by atoms with Gasteiger partial charge in [0.1, 0.15) is 12.4 Å². The Morgan fingerprint density at radius 2 is 2.22 bits per heavy atom. The number of anilines is 1. The van der Waals surface area contributed by atoms with Crippen molar-refractivity contribution in [2.45, 2.75) is 13.8 Å². The van der Waals surface area contributed by atoms with Gasteiger partial charge in [-0.15, -0.1) is 0 Å². The Kier molecular flexibility index (Phi) is 7.09. The second kappa shape index (κ2) is 8.80. The molecule has 1 aromatic heterocycles. The normalized spacial score (nSPS) is 10.1. The predicted molar refractivity (Wildman–Crippen MR) is 88.5 cm³/mol. The van der Waals surface area contributed by atoms with Crippen molar-refractivity contribution in [3.63, 3.8) is 0 Å². The molecule has 23 heavy (non-hydrogen) atoms. The fraction of sp³-hybridized carbons (Fsp3) is 0.533. The number of amides is 1. The van der Waals surface area contributed by atoms with Crippen LogP contribution in [0.1, 0.15) is 19.4 Å². The van der Waals surface area contributed by atoms with Gasteiger partial charge in [-0.3, -0.25) is 4.79 Å². The third-order valence-electron chi connectivity index (χ3n) is 2.84. The molecule has 0 atom stereocenters. The van der Waals surface area contributed by atoms with Crippen LogP contribution in [0.4, 0.5) is 5.82 Å². The van der Waals surface area contributed by atoms with Crippen LogP contribution in [-0.2, 0) is 9.53 Å². The molecule has 126 valence electrons. The summed E-state index contributed by atoms with van der Waals surface area (Å²) >= 11 is 0. The fourth-order valence-corrected chi connectivity index (χ4v) is 1.55. The summed E-state index contributed by atoms with van der Waals surface area (Å²) in [5.74, 6) is 5.65. The smallest absolute Gasteiger partial charge is 0.368 e. The number of nitrogens with one attached hydrogen (secondary N) is 1. The SMILES string of the molecule is CC(C)C(=O)NCCOCC#Cc1cn(N(C)C)c(=O)nc1N. The molecule has 0 unspecified atom stereocenters. The first kappa shape index (κ1) is 18.5. The summed E-state index contributed by atoms with van der Waals surface area (Å²) in [5.41, 5.74) is 5.67. The van der Waals surface area contributed by atoms with Gasteiger partial charge in [0, 0.05) is 26.6 Å². The third kappa shape index (κ3) is 6.00. The maximum absolute atomic E-state index is 11.6. The van der Waals surface area contributed by atoms with Crippen molar-refractivity contribution in [2.75, 3.05) is 44.6 Å². The molecule has 0 aromatic carbocycles. The highest BCUT2D eigenvalue weighted by atomic mass is 16.5. The number of aromatic nitrogens is 2. The van der Waals surface area contributed by atoms with Gasteiger partial charge in [0.05, 0.1) is 18.4 Å². The van der Waals surface area contributed by atoms with E-state index in [0.717, 1.165) is 0 Å². The second-order valence-electron chi connectivity index (χ2n) is 5.31. The average Bonchev–Trinajstić information content (AvgIpc) is 2.47. The van der Waals surface area contributed by atoms with Crippen LogP contribution in [0.2, 0.25) is 0 Å². The first-order valence-electron chi connectivity index (χ1n) is 7.24. The number of rotatable bonds is 6. The third-order valence-corrected chi connectivity index (χ3v) is 2.84. The largest absolute Gasteiger partial charge is 0.382 e. The number of hydrogen-bond acceptors (Lipinski definition) is 6. The molecule has 1 amide bonds. The highest BCUT2D eigenvalue weighted by Gasteiger charge is 2.05. The number of hydrogen-bond donors (Lipinski definition) is 2. The van der Waals surface area contributed by atoms with Crippen LogP contribution in [0.25, 0.3) is 0 Å². The zero-order valence-electron chi connectivity index (χ0n) is 13.9. The zero-order chi connectivity index (χ0) is 17.4. The molecule has 1 aromatic rings. The van der Waals surface area contributed by atoms with E-state index in [1.807, 2.05) is 13.8 Å². The van der Waals surface area contributed by atoms with E-state index in [1.165, 1.54) is 10.9 Å². The molecule has 0 spiro atoms. The van der Waals surface area contributed by atoms with Crippen LogP contribution >= 0.6 is 0 Å². The molecule has 0 radical (unpaired) electrons. The first-order chi connectivity index (χ1) is 10.8. The first-order valence-corrected chi connectivity index (χ1v) is 7.24. The number of nitrogen functional groups attached to an aromatic ring is 1. The van der Waals surface area contributed by atoms with E-state index in [2.05, 4.69) is 22.1 Å². The molecule has 0 saturated heterocycles. The molecule has 0 aliphatic carbocycles. The van der Waals surface area contributed by atoms with E-state index in [1.54, 1.807) is 19.1 Å². The minimum absolute atomic E-state index is 0.00975. The Bertz CT molecular complexity index is 655. The molecule has 0 bridgehead atoms. The van der Waals surface area contributed by atoms with Crippen molar-refractivity contribution in [1.82, 2.24) is 15.0 Å². The van der Waals surface area contributed by atoms with Gasteiger partial charge in [-0.1, -0.05) is 25.7 Å². The molecular formula is C15H23N5O3. The quantitative estimate of drug-likeness (QED) is 0.523. The molecule has 8 heteroatoms. The van der Waals surface area contributed by atoms with Crippen LogP contribution in [-0.4, -0.2) is 49.4 Å². The Labute approximate surface area is 135 Å². The number of carbonyl (C=O) groups is 1. The maximum Gasteiger partial charge on any atom is 0.368 e. The molecule has 0 fully saturated rings. The van der Waals surface area contributed by atoms with Crippen LogP contribution in [0.3, 0.4) is 0 Å². The zero-order valence-corrected chi connectivity index (χ0v) is 13.9. The number of carbonyl (C=O) groups excluding carboxylic acids is 1. The van der Waals surface area contributed by atoms with Crippen LogP contribution in [0.5, 0.6) is 0 Å². The van der Waals surface area contributed by atoms with Crippen molar-refractivity contribution >= 4 is 11.7 Å². The molecule has 3 N–H and O–H groups in total. The van der Waals surface area contributed by atoms with Crippen molar-refractivity contribution in [3.05, 3.63) is 22.2 Å². The molecule has 1 heterocycles. The van der Waals surface area contributed by atoms with Gasteiger partial charge in [0.25, 0.3) is 0 Å². The Morgan fingerprint density at radius 3 is 2.83 bits per heavy atom. The van der Waals surface area contributed by atoms with E-state index in [9.17, 15) is 9.59 Å². The average molecular weight is 321 g/mol. The highest BCUT2D eigenvalue weighted by molar-refractivity contribution is 5.77. The van der Waals surface area contributed by atoms with Gasteiger partial charge in [0.15, 0.2) is 0 Å². The lowest BCUT2D eigenvalue weighted by molar-refractivity contribution is -0.124. The van der Waals surface area contributed by atoms with Gasteiger partial charge < -0.3 is 20.8 Å². The molecule has 8 nitrogen and oxygen atoms in total. The van der Waals surface area contributed by atoms with Crippen LogP contribution < -0.4 is 21.7 Å². The minimum Gasteiger partial charge on any atom is -0.382 e. The molecule has 0 aliphatic heterocycles. The standard InChI is InChI=1S/C15H23N5O3/c1-11(2)14(21)17-7-9-23-8-5-6-12-10-20(19(3)4)15(22)18-13(12)16/h10-11H,7-9H2,1-4H3,(H,17,21)(H2,16,18,22). The van der Waals surface area contributed by atoms with Crippen LogP contribution in [0.15, 0.2) is 11.0 Å². The maximum atomic E-state index is 11.6. The summed E-state index contributed by atoms with van der Waals surface area (Å²) in [6.45, 7) is 4.66. The van der Waals surface area contributed by atoms with Gasteiger partial charge >= 0.3 is 5.69 Å². The summed E-state index contributed by atoms with van der Waals surface area (Å²) in [5, 5.41) is 4.32. The lowest BCUT2D eigenvalue weighted by atomic mass is 10.2. The summed E-state index contributed by atoms with van der Waals surface area (Å²) < 4.78 is 6.61. The van der Waals surface area contributed by atoms with E-state index < -0.39 is 5.69 Å². The van der Waals surface area contributed by atoms with Gasteiger partial charge in [-0.2, -0.15) is 4.98 Å². The van der Waals surface area contributed by atoms with Gasteiger partial charge in [-0.05, 0) is 0 Å². The Morgan fingerprint density at radius 1 is 1.52 bits per heavy atom. The van der Waals surface area contributed by atoms with E-state index in [4.69, 9.17) is 10.5 Å². The highest BCUT2D eigenvalue weighted by Crippen LogP contribution is 2.02. The van der Waals surface area contributed by atoms with E-state index in [0.29, 0.717) is 18.7 Å². The predicted octanol–water partition coefficient (Wildman–Crippen LogP) is -0.837. The Balaban J connectivity index is 2.50. The topological polar surface area (TPSA) is 102 Å². The lowest BCUT2D eigenvalue weighted by Crippen LogP contribution is -2.37. The fourth-order valence-electron chi connectivity index (χ4n) is 1.55. The summed E-state index contributed by atoms with van der Waals surface area (Å²) in [7, 11) is 3.43. The van der Waals surface area contributed by atoms with E-state index in [-0.39, 0.29) is 24.2 Å². The number of nitrogens with zero attached hydrogens (tertiary/aromatic N) is 3. The Hall–Kier alpha value is -2.53. The molecular weight excluding hydrogens is 298 g/mol. The van der Waals surface area contributed by atoms with Crippen molar-refractivity contribution < 1.29 is 9.53 Å². The number of ether oxygens (including phenoxy) is 1. The van der Waals surface area contributed by atoms with E-state index >= 15 is 0 Å². The molecule has 0 saturated carbocycles. The minimum atomic E-state index is -0.463. The van der Waals surface area contributed by atoms with Crippen LogP contribution in [0, 0.1) is 17.8 Å². The van der Waals surface area contributed by atoms with Crippen molar-refractivity contribution in [1.29, 1.82) is 0 Å². The van der Waals surface area contributed by atoms with Crippen molar-refractivity contribution in [3.8, 4) is 11.8 Å². The molecule has 0 aliphatic rings. The molecule has 1 rings (SSSR count). The van der Waals surface area contributed by atoms with Crippen molar-refractivity contribution in [2.24, 2.45) is 5.92 Å². The summed E-state index contributed by atoms with van der Waals surface area (Å²) in [4.78, 5) is 26.6. The monoisotopic (exact) mass is 321 g/mol. The lowest BCUT2D eigenvalue weighted by Gasteiger charge is -2.15.